The molecule has 1 atom stereocenters. The molecule has 1 aliphatic rings. The number of carbonyl (C=O) groups is 1. The summed E-state index contributed by atoms with van der Waals surface area (Å²) in [6.07, 6.45) is 0.991. The van der Waals surface area contributed by atoms with Gasteiger partial charge in [-0.25, -0.2) is 0 Å². The fraction of sp³-hybridized carbons (Fsp3) is 0.292. The highest BCUT2D eigenvalue weighted by atomic mass is 16.1. The van der Waals surface area contributed by atoms with Gasteiger partial charge < -0.3 is 5.32 Å². The number of nitrogens with zero attached hydrogens (tertiary/aromatic N) is 1. The van der Waals surface area contributed by atoms with Gasteiger partial charge >= 0.3 is 0 Å². The average Bonchev–Trinajstić information content (AvgIpc) is 3.01. The van der Waals surface area contributed by atoms with Gasteiger partial charge in [-0.1, -0.05) is 60.7 Å². The van der Waals surface area contributed by atoms with E-state index in [1.54, 1.807) is 6.92 Å². The number of rotatable bonds is 4. The summed E-state index contributed by atoms with van der Waals surface area (Å²) in [5.74, 6) is 0.0518. The van der Waals surface area contributed by atoms with Gasteiger partial charge in [0.15, 0.2) is 0 Å². The van der Waals surface area contributed by atoms with E-state index < -0.39 is 0 Å². The van der Waals surface area contributed by atoms with Crippen LogP contribution >= 0.6 is 0 Å². The minimum absolute atomic E-state index is 0.0518. The number of fused-ring (bicyclic) bond motifs is 1. The Labute approximate surface area is 161 Å². The van der Waals surface area contributed by atoms with E-state index in [2.05, 4.69) is 83.9 Å². The van der Waals surface area contributed by atoms with E-state index in [1.165, 1.54) is 27.5 Å². The zero-order valence-corrected chi connectivity index (χ0v) is 16.0. The van der Waals surface area contributed by atoms with Crippen LogP contribution in [-0.2, 0) is 11.3 Å². The molecule has 1 saturated heterocycles. The molecule has 0 aromatic heterocycles. The summed E-state index contributed by atoms with van der Waals surface area (Å²) in [6, 6.07) is 23.8. The molecular weight excluding hydrogens is 332 g/mol. The van der Waals surface area contributed by atoms with Crippen LogP contribution in [0.1, 0.15) is 25.8 Å². The summed E-state index contributed by atoms with van der Waals surface area (Å²) in [6.45, 7) is 6.53. The van der Waals surface area contributed by atoms with Crippen molar-refractivity contribution in [3.8, 4) is 11.1 Å². The first-order valence-electron chi connectivity index (χ1n) is 9.61. The SMILES string of the molecule is CC(=O)NC1(C)CCN(Cc2ccccc2-c2ccc3ccccc3c2)C1. The smallest absolute Gasteiger partial charge is 0.217 e. The molecular formula is C24H26N2O. The molecule has 0 saturated carbocycles. The summed E-state index contributed by atoms with van der Waals surface area (Å²) >= 11 is 0. The van der Waals surface area contributed by atoms with Crippen LogP contribution in [0, 0.1) is 0 Å². The number of hydrogen-bond donors (Lipinski definition) is 1. The monoisotopic (exact) mass is 358 g/mol. The second-order valence-electron chi connectivity index (χ2n) is 7.92. The fourth-order valence-electron chi connectivity index (χ4n) is 4.26. The van der Waals surface area contributed by atoms with Crippen LogP contribution in [-0.4, -0.2) is 29.4 Å². The molecule has 3 heteroatoms. The predicted octanol–water partition coefficient (Wildman–Crippen LogP) is 4.61. The lowest BCUT2D eigenvalue weighted by Gasteiger charge is -2.26. The van der Waals surface area contributed by atoms with E-state index in [9.17, 15) is 4.79 Å². The van der Waals surface area contributed by atoms with Gasteiger partial charge in [-0.3, -0.25) is 9.69 Å². The summed E-state index contributed by atoms with van der Waals surface area (Å²) < 4.78 is 0. The molecule has 1 aliphatic heterocycles. The van der Waals surface area contributed by atoms with Crippen molar-refractivity contribution < 1.29 is 4.79 Å². The van der Waals surface area contributed by atoms with Gasteiger partial charge in [-0.2, -0.15) is 0 Å². The standard InChI is InChI=1S/C24H26N2O/c1-18(27)25-24(2)13-14-26(17-24)16-22-9-5-6-10-23(22)21-12-11-19-7-3-4-8-20(19)15-21/h3-12,15H,13-14,16-17H2,1-2H3,(H,25,27). The van der Waals surface area contributed by atoms with Crippen molar-refractivity contribution in [3.05, 3.63) is 72.3 Å². The summed E-state index contributed by atoms with van der Waals surface area (Å²) in [7, 11) is 0. The maximum Gasteiger partial charge on any atom is 0.217 e. The predicted molar refractivity (Wildman–Crippen MR) is 111 cm³/mol. The second kappa shape index (κ2) is 7.16. The first kappa shape index (κ1) is 17.7. The molecule has 3 aromatic rings. The van der Waals surface area contributed by atoms with Crippen LogP contribution < -0.4 is 5.32 Å². The quantitative estimate of drug-likeness (QED) is 0.739. The van der Waals surface area contributed by atoms with Gasteiger partial charge in [-0.05, 0) is 46.9 Å². The molecule has 0 aliphatic carbocycles. The first-order valence-corrected chi connectivity index (χ1v) is 9.61. The van der Waals surface area contributed by atoms with Crippen LogP contribution in [0.5, 0.6) is 0 Å². The van der Waals surface area contributed by atoms with Gasteiger partial charge in [0.1, 0.15) is 0 Å². The number of likely N-dealkylation sites (tertiary alicyclic amines) is 1. The van der Waals surface area contributed by atoms with Crippen LogP contribution in [0.15, 0.2) is 66.7 Å². The Morgan fingerprint density at radius 2 is 1.78 bits per heavy atom. The van der Waals surface area contributed by atoms with Crippen LogP contribution in [0.4, 0.5) is 0 Å². The van der Waals surface area contributed by atoms with Gasteiger partial charge in [-0.15, -0.1) is 0 Å². The number of carbonyl (C=O) groups excluding carboxylic acids is 1. The fourth-order valence-corrected chi connectivity index (χ4v) is 4.26. The third-order valence-electron chi connectivity index (χ3n) is 5.50. The summed E-state index contributed by atoms with van der Waals surface area (Å²) in [5.41, 5.74) is 3.76. The molecule has 0 radical (unpaired) electrons. The van der Waals surface area contributed by atoms with E-state index in [0.29, 0.717) is 0 Å². The lowest BCUT2D eigenvalue weighted by atomic mass is 9.97. The Kier molecular flexibility index (Phi) is 4.71. The van der Waals surface area contributed by atoms with Crippen molar-refractivity contribution in [1.82, 2.24) is 10.2 Å². The molecule has 1 N–H and O–H groups in total. The third-order valence-corrected chi connectivity index (χ3v) is 5.50. The molecule has 1 amide bonds. The Morgan fingerprint density at radius 3 is 2.59 bits per heavy atom. The molecule has 27 heavy (non-hydrogen) atoms. The van der Waals surface area contributed by atoms with Crippen LogP contribution in [0.3, 0.4) is 0 Å². The Morgan fingerprint density at radius 1 is 1.04 bits per heavy atom. The average molecular weight is 358 g/mol. The number of nitrogens with one attached hydrogen (secondary N) is 1. The van der Waals surface area contributed by atoms with Gasteiger partial charge in [0.05, 0.1) is 5.54 Å². The minimum atomic E-state index is -0.121. The van der Waals surface area contributed by atoms with Crippen molar-refractivity contribution in [3.63, 3.8) is 0 Å². The third kappa shape index (κ3) is 3.88. The normalized spacial score (nSPS) is 20.1. The zero-order chi connectivity index (χ0) is 18.9. The molecule has 0 bridgehead atoms. The van der Waals surface area contributed by atoms with Crippen LogP contribution in [0.2, 0.25) is 0 Å². The van der Waals surface area contributed by atoms with E-state index in [-0.39, 0.29) is 11.4 Å². The van der Waals surface area contributed by atoms with Crippen LogP contribution in [0.25, 0.3) is 21.9 Å². The number of amides is 1. The molecule has 3 nitrogen and oxygen atoms in total. The Bertz CT molecular complexity index is 981. The van der Waals surface area contributed by atoms with Gasteiger partial charge in [0.2, 0.25) is 5.91 Å². The number of hydrogen-bond acceptors (Lipinski definition) is 2. The zero-order valence-electron chi connectivity index (χ0n) is 16.0. The maximum absolute atomic E-state index is 11.5. The highest BCUT2D eigenvalue weighted by Crippen LogP contribution is 2.30. The lowest BCUT2D eigenvalue weighted by Crippen LogP contribution is -2.46. The van der Waals surface area contributed by atoms with E-state index in [0.717, 1.165) is 26.1 Å². The Hall–Kier alpha value is -2.65. The molecule has 0 spiro atoms. The molecule has 4 rings (SSSR count). The lowest BCUT2D eigenvalue weighted by molar-refractivity contribution is -0.120. The van der Waals surface area contributed by atoms with Crippen molar-refractivity contribution in [2.45, 2.75) is 32.4 Å². The molecule has 1 unspecified atom stereocenters. The van der Waals surface area contributed by atoms with Gasteiger partial charge in [0, 0.05) is 26.6 Å². The van der Waals surface area contributed by atoms with Gasteiger partial charge in [0.25, 0.3) is 0 Å². The second-order valence-corrected chi connectivity index (χ2v) is 7.92. The van der Waals surface area contributed by atoms with E-state index in [4.69, 9.17) is 0 Å². The highest BCUT2D eigenvalue weighted by molar-refractivity contribution is 5.87. The number of benzene rings is 3. The highest BCUT2D eigenvalue weighted by Gasteiger charge is 2.34. The Balaban J connectivity index is 1.59. The maximum atomic E-state index is 11.5. The summed E-state index contributed by atoms with van der Waals surface area (Å²) in [5, 5.41) is 5.66. The van der Waals surface area contributed by atoms with Crippen molar-refractivity contribution >= 4 is 16.7 Å². The minimum Gasteiger partial charge on any atom is -0.350 e. The van der Waals surface area contributed by atoms with E-state index in [1.807, 2.05) is 0 Å². The first-order chi connectivity index (χ1) is 13.0. The molecule has 3 aromatic carbocycles. The topological polar surface area (TPSA) is 32.3 Å². The van der Waals surface area contributed by atoms with E-state index >= 15 is 0 Å². The molecule has 138 valence electrons. The summed E-state index contributed by atoms with van der Waals surface area (Å²) in [4.78, 5) is 13.9. The van der Waals surface area contributed by atoms with Crippen molar-refractivity contribution in [1.29, 1.82) is 0 Å². The van der Waals surface area contributed by atoms with Crippen molar-refractivity contribution in [2.24, 2.45) is 0 Å². The molecule has 1 fully saturated rings. The molecule has 1 heterocycles. The largest absolute Gasteiger partial charge is 0.350 e. The van der Waals surface area contributed by atoms with Crippen molar-refractivity contribution in [2.75, 3.05) is 13.1 Å².